The Hall–Kier alpha value is -2.58. The van der Waals surface area contributed by atoms with Crippen molar-refractivity contribution in [3.8, 4) is 5.75 Å². The summed E-state index contributed by atoms with van der Waals surface area (Å²) in [6.45, 7) is 10.5. The normalized spacial score (nSPS) is 19.5. The molecule has 40 heavy (non-hydrogen) atoms. The fraction of sp³-hybridized carbons (Fsp3) is 0.438. The van der Waals surface area contributed by atoms with E-state index in [4.69, 9.17) is 16.3 Å². The third-order valence-electron chi connectivity index (χ3n) is 8.24. The summed E-state index contributed by atoms with van der Waals surface area (Å²) < 4.78 is 34.7. The average Bonchev–Trinajstić information content (AvgIpc) is 2.97. The Kier molecular flexibility index (Phi) is 9.36. The highest BCUT2D eigenvalue weighted by molar-refractivity contribution is 7.89. The first-order valence-electron chi connectivity index (χ1n) is 14.4. The summed E-state index contributed by atoms with van der Waals surface area (Å²) >= 11 is 6.60. The van der Waals surface area contributed by atoms with E-state index < -0.39 is 10.0 Å². The Morgan fingerprint density at radius 3 is 2.58 bits per heavy atom. The molecule has 2 saturated heterocycles. The molecule has 1 unspecified atom stereocenters. The van der Waals surface area contributed by atoms with Gasteiger partial charge in [-0.3, -0.25) is 0 Å². The van der Waals surface area contributed by atoms with Gasteiger partial charge in [-0.25, -0.2) is 8.42 Å². The molecule has 214 valence electrons. The Bertz CT molecular complexity index is 1430. The van der Waals surface area contributed by atoms with Crippen molar-refractivity contribution in [3.63, 3.8) is 0 Å². The smallest absolute Gasteiger partial charge is 0.243 e. The lowest BCUT2D eigenvalue weighted by Gasteiger charge is -2.33. The molecule has 0 saturated carbocycles. The number of fused-ring (bicyclic) bond motifs is 1. The molecule has 2 fully saturated rings. The van der Waals surface area contributed by atoms with Gasteiger partial charge >= 0.3 is 0 Å². The fourth-order valence-corrected chi connectivity index (χ4v) is 7.74. The number of sulfonamides is 1. The van der Waals surface area contributed by atoms with Crippen molar-refractivity contribution in [2.75, 3.05) is 32.7 Å². The van der Waals surface area contributed by atoms with Gasteiger partial charge in [0, 0.05) is 43.3 Å². The lowest BCUT2D eigenvalue weighted by Crippen LogP contribution is -2.41. The van der Waals surface area contributed by atoms with Gasteiger partial charge in [0.05, 0.1) is 9.92 Å². The Morgan fingerprint density at radius 1 is 1.02 bits per heavy atom. The van der Waals surface area contributed by atoms with Crippen LogP contribution < -0.4 is 10.1 Å². The van der Waals surface area contributed by atoms with E-state index in [1.54, 1.807) is 16.4 Å². The standard InChI is InChI=1S/C32H40ClN3O3S/c1-24-9-5-6-19-35(24)20-8-18-34-25(2)27-14-15-31(30(33)23-27)39-28-16-21-36(22-17-28)40(37,38)32-13-7-11-26-10-3-4-12-29(26)32/h3-4,7,10-15,23-24,28,34H,2,5-6,8-9,16-22H2,1H3. The molecule has 3 aromatic carbocycles. The van der Waals surface area contributed by atoms with Crippen LogP contribution in [0.4, 0.5) is 0 Å². The van der Waals surface area contributed by atoms with Crippen molar-refractivity contribution in [2.45, 2.75) is 62.5 Å². The third-order valence-corrected chi connectivity index (χ3v) is 10.5. The molecule has 1 N–H and O–H groups in total. The first-order valence-corrected chi connectivity index (χ1v) is 16.3. The molecule has 2 aliphatic heterocycles. The highest BCUT2D eigenvalue weighted by Crippen LogP contribution is 2.32. The predicted molar refractivity (Wildman–Crippen MR) is 164 cm³/mol. The van der Waals surface area contributed by atoms with Crippen LogP contribution in [0.2, 0.25) is 5.02 Å². The van der Waals surface area contributed by atoms with Gasteiger partial charge in [-0.2, -0.15) is 4.31 Å². The van der Waals surface area contributed by atoms with E-state index in [-0.39, 0.29) is 6.10 Å². The van der Waals surface area contributed by atoms with Crippen molar-refractivity contribution < 1.29 is 13.2 Å². The van der Waals surface area contributed by atoms with E-state index in [0.29, 0.717) is 47.6 Å². The number of rotatable bonds is 10. The molecular formula is C32H40ClN3O3S. The SMILES string of the molecule is C=C(NCCCN1CCCCC1C)c1ccc(OC2CCN(S(=O)(=O)c3cccc4ccccc34)CC2)c(Cl)c1. The summed E-state index contributed by atoms with van der Waals surface area (Å²) in [5.74, 6) is 0.618. The van der Waals surface area contributed by atoms with Gasteiger partial charge < -0.3 is 15.0 Å². The molecule has 0 amide bonds. The van der Waals surface area contributed by atoms with Crippen molar-refractivity contribution in [1.29, 1.82) is 0 Å². The molecule has 2 heterocycles. The van der Waals surface area contributed by atoms with Crippen LogP contribution in [0, 0.1) is 0 Å². The first kappa shape index (κ1) is 28.9. The molecule has 6 nitrogen and oxygen atoms in total. The van der Waals surface area contributed by atoms with E-state index in [2.05, 4.69) is 23.7 Å². The number of piperidine rings is 2. The fourth-order valence-electron chi connectivity index (χ4n) is 5.83. The molecule has 8 heteroatoms. The van der Waals surface area contributed by atoms with E-state index >= 15 is 0 Å². The third kappa shape index (κ3) is 6.65. The highest BCUT2D eigenvalue weighted by atomic mass is 35.5. The number of ether oxygens (including phenoxy) is 1. The Labute approximate surface area is 244 Å². The molecule has 0 bridgehead atoms. The highest BCUT2D eigenvalue weighted by Gasteiger charge is 2.31. The quantitative estimate of drug-likeness (QED) is 0.275. The van der Waals surface area contributed by atoms with Gasteiger partial charge in [0.1, 0.15) is 11.9 Å². The lowest BCUT2D eigenvalue weighted by atomic mass is 10.0. The summed E-state index contributed by atoms with van der Waals surface area (Å²) in [4.78, 5) is 2.94. The molecule has 0 aliphatic carbocycles. The molecular weight excluding hydrogens is 542 g/mol. The zero-order valence-electron chi connectivity index (χ0n) is 23.3. The van der Waals surface area contributed by atoms with Crippen LogP contribution in [0.5, 0.6) is 5.75 Å². The van der Waals surface area contributed by atoms with Gasteiger partial charge in [0.2, 0.25) is 10.0 Å². The number of likely N-dealkylation sites (tertiary alicyclic amines) is 1. The molecule has 5 rings (SSSR count). The lowest BCUT2D eigenvalue weighted by molar-refractivity contribution is 0.135. The molecule has 1 atom stereocenters. The Balaban J connectivity index is 1.12. The second kappa shape index (κ2) is 12.9. The van der Waals surface area contributed by atoms with Crippen molar-refractivity contribution in [1.82, 2.24) is 14.5 Å². The van der Waals surface area contributed by atoms with Gasteiger partial charge in [0.15, 0.2) is 0 Å². The number of halogens is 1. The number of hydrogen-bond acceptors (Lipinski definition) is 5. The second-order valence-electron chi connectivity index (χ2n) is 11.0. The largest absolute Gasteiger partial charge is 0.489 e. The number of hydrogen-bond donors (Lipinski definition) is 1. The van der Waals surface area contributed by atoms with Crippen molar-refractivity contribution in [3.05, 3.63) is 77.8 Å². The van der Waals surface area contributed by atoms with E-state index in [1.165, 1.54) is 25.8 Å². The van der Waals surface area contributed by atoms with Gasteiger partial charge in [-0.1, -0.05) is 61.0 Å². The predicted octanol–water partition coefficient (Wildman–Crippen LogP) is 6.55. The maximum atomic E-state index is 13.5. The summed E-state index contributed by atoms with van der Waals surface area (Å²) in [5.41, 5.74) is 1.80. The first-order chi connectivity index (χ1) is 19.3. The van der Waals surface area contributed by atoms with Crippen molar-refractivity contribution >= 4 is 38.1 Å². The van der Waals surface area contributed by atoms with Gasteiger partial charge in [0.25, 0.3) is 0 Å². The van der Waals surface area contributed by atoms with Crippen LogP contribution in [0.3, 0.4) is 0 Å². The van der Waals surface area contributed by atoms with Crippen LogP contribution in [-0.2, 0) is 10.0 Å². The zero-order chi connectivity index (χ0) is 28.1. The minimum atomic E-state index is -3.59. The van der Waals surface area contributed by atoms with Crippen LogP contribution in [0.1, 0.15) is 51.0 Å². The van der Waals surface area contributed by atoms with Gasteiger partial charge in [-0.05, 0) is 80.8 Å². The summed E-state index contributed by atoms with van der Waals surface area (Å²) in [6.07, 6.45) is 6.14. The Morgan fingerprint density at radius 2 is 1.80 bits per heavy atom. The summed E-state index contributed by atoms with van der Waals surface area (Å²) in [5, 5.41) is 5.65. The van der Waals surface area contributed by atoms with Crippen molar-refractivity contribution in [2.24, 2.45) is 0 Å². The average molecular weight is 582 g/mol. The zero-order valence-corrected chi connectivity index (χ0v) is 24.9. The van der Waals surface area contributed by atoms with E-state index in [1.807, 2.05) is 48.5 Å². The van der Waals surface area contributed by atoms with Crippen LogP contribution >= 0.6 is 11.6 Å². The molecule has 0 aromatic heterocycles. The minimum absolute atomic E-state index is 0.0965. The van der Waals surface area contributed by atoms with E-state index in [9.17, 15) is 8.42 Å². The monoisotopic (exact) mass is 581 g/mol. The maximum Gasteiger partial charge on any atom is 0.243 e. The number of nitrogens with zero attached hydrogens (tertiary/aromatic N) is 2. The maximum absolute atomic E-state index is 13.5. The van der Waals surface area contributed by atoms with Crippen LogP contribution in [-0.4, -0.2) is 62.5 Å². The molecule has 3 aromatic rings. The van der Waals surface area contributed by atoms with Crippen LogP contribution in [0.15, 0.2) is 72.1 Å². The van der Waals surface area contributed by atoms with Gasteiger partial charge in [-0.15, -0.1) is 0 Å². The topological polar surface area (TPSA) is 61.9 Å². The summed E-state index contributed by atoms with van der Waals surface area (Å²) in [7, 11) is -3.59. The molecule has 0 radical (unpaired) electrons. The number of nitrogens with one attached hydrogen (secondary N) is 1. The van der Waals surface area contributed by atoms with Crippen LogP contribution in [0.25, 0.3) is 16.5 Å². The molecule has 0 spiro atoms. The number of benzene rings is 3. The second-order valence-corrected chi connectivity index (χ2v) is 13.3. The summed E-state index contributed by atoms with van der Waals surface area (Å²) in [6, 6.07) is 19.5. The van der Waals surface area contributed by atoms with E-state index in [0.717, 1.165) is 41.5 Å². The molecule has 2 aliphatic rings. The minimum Gasteiger partial charge on any atom is -0.489 e.